The van der Waals surface area contributed by atoms with Gasteiger partial charge >= 0.3 is 5.88 Å². The molecule has 0 radical (unpaired) electrons. The Morgan fingerprint density at radius 1 is 0.962 bits per heavy atom. The number of ether oxygens (including phenoxy) is 1. The standard InChI is InChI=1S/C21H14N2O2S/c1-25-17-10-7-14(8-11-17)18-12-9-16(13-22)21-23(18)20(24)19(26-21)15-5-3-2-4-6-15/h2-12H,1H3/p+1. The van der Waals surface area contributed by atoms with Crippen molar-refractivity contribution in [1.29, 1.82) is 5.26 Å². The Morgan fingerprint density at radius 3 is 2.35 bits per heavy atom. The highest BCUT2D eigenvalue weighted by molar-refractivity contribution is 7.20. The average Bonchev–Trinajstić information content (AvgIpc) is 3.06. The molecule has 2 aromatic heterocycles. The average molecular weight is 359 g/mol. The van der Waals surface area contributed by atoms with Gasteiger partial charge in [-0.2, -0.15) is 5.26 Å². The zero-order valence-corrected chi connectivity index (χ0v) is 14.8. The number of hydrogen-bond donors (Lipinski definition) is 1. The van der Waals surface area contributed by atoms with Crippen LogP contribution >= 0.6 is 11.3 Å². The largest absolute Gasteiger partial charge is 0.497 e. The number of aromatic hydroxyl groups is 1. The molecule has 0 aliphatic carbocycles. The molecule has 4 rings (SSSR count). The first-order valence-corrected chi connectivity index (χ1v) is 8.85. The summed E-state index contributed by atoms with van der Waals surface area (Å²) in [7, 11) is 1.63. The number of aromatic nitrogens is 1. The molecule has 26 heavy (non-hydrogen) atoms. The van der Waals surface area contributed by atoms with Crippen molar-refractivity contribution in [3.05, 3.63) is 72.3 Å². The minimum absolute atomic E-state index is 0.138. The molecule has 0 amide bonds. The van der Waals surface area contributed by atoms with E-state index in [-0.39, 0.29) is 5.88 Å². The molecule has 0 fully saturated rings. The summed E-state index contributed by atoms with van der Waals surface area (Å²) in [6.45, 7) is 0. The van der Waals surface area contributed by atoms with Crippen molar-refractivity contribution < 1.29 is 14.2 Å². The quantitative estimate of drug-likeness (QED) is 0.551. The first kappa shape index (κ1) is 16.1. The summed E-state index contributed by atoms with van der Waals surface area (Å²) in [5, 5.41) is 20.4. The molecule has 4 nitrogen and oxygen atoms in total. The van der Waals surface area contributed by atoms with E-state index in [9.17, 15) is 10.4 Å². The predicted molar refractivity (Wildman–Crippen MR) is 101 cm³/mol. The van der Waals surface area contributed by atoms with Gasteiger partial charge in [-0.25, -0.2) is 0 Å². The van der Waals surface area contributed by atoms with E-state index in [1.165, 1.54) is 11.3 Å². The summed E-state index contributed by atoms with van der Waals surface area (Å²) in [5.41, 5.74) is 3.20. The Labute approximate surface area is 154 Å². The number of hydrogen-bond acceptors (Lipinski definition) is 4. The van der Waals surface area contributed by atoms with Gasteiger partial charge in [-0.05, 0) is 30.3 Å². The highest BCUT2D eigenvalue weighted by Gasteiger charge is 2.28. The smallest absolute Gasteiger partial charge is 0.391 e. The van der Waals surface area contributed by atoms with Crippen molar-refractivity contribution in [2.24, 2.45) is 0 Å². The van der Waals surface area contributed by atoms with Crippen molar-refractivity contribution in [3.63, 3.8) is 0 Å². The number of methoxy groups -OCH3 is 1. The maximum atomic E-state index is 10.9. The fourth-order valence-electron chi connectivity index (χ4n) is 2.94. The second-order valence-electron chi connectivity index (χ2n) is 5.73. The first-order chi connectivity index (χ1) is 12.7. The lowest BCUT2D eigenvalue weighted by Crippen LogP contribution is -2.23. The summed E-state index contributed by atoms with van der Waals surface area (Å²) in [4.78, 5) is 1.46. The van der Waals surface area contributed by atoms with Crippen LogP contribution < -0.4 is 9.14 Å². The third-order valence-corrected chi connectivity index (χ3v) is 5.46. The van der Waals surface area contributed by atoms with Gasteiger partial charge in [0.1, 0.15) is 17.4 Å². The molecule has 126 valence electrons. The molecule has 0 saturated carbocycles. The van der Waals surface area contributed by atoms with E-state index in [0.717, 1.165) is 32.3 Å². The van der Waals surface area contributed by atoms with E-state index in [2.05, 4.69) is 6.07 Å². The van der Waals surface area contributed by atoms with Gasteiger partial charge in [-0.1, -0.05) is 41.7 Å². The summed E-state index contributed by atoms with van der Waals surface area (Å²) >= 11 is 1.41. The number of fused-ring (bicyclic) bond motifs is 1. The third kappa shape index (κ3) is 2.57. The summed E-state index contributed by atoms with van der Waals surface area (Å²) < 4.78 is 6.96. The van der Waals surface area contributed by atoms with E-state index < -0.39 is 0 Å². The zero-order valence-electron chi connectivity index (χ0n) is 14.0. The van der Waals surface area contributed by atoms with E-state index in [4.69, 9.17) is 4.74 Å². The minimum atomic E-state index is 0.138. The molecule has 0 aliphatic heterocycles. The third-order valence-electron chi connectivity index (χ3n) is 4.24. The van der Waals surface area contributed by atoms with Crippen LogP contribution in [0.4, 0.5) is 0 Å². The molecule has 0 bridgehead atoms. The number of rotatable bonds is 3. The number of benzene rings is 2. The maximum absolute atomic E-state index is 10.9. The highest BCUT2D eigenvalue weighted by Crippen LogP contribution is 2.36. The monoisotopic (exact) mass is 359 g/mol. The van der Waals surface area contributed by atoms with Gasteiger partial charge in [0.05, 0.1) is 7.11 Å². The van der Waals surface area contributed by atoms with Crippen molar-refractivity contribution in [3.8, 4) is 39.4 Å². The van der Waals surface area contributed by atoms with E-state index >= 15 is 0 Å². The van der Waals surface area contributed by atoms with Crippen LogP contribution in [-0.2, 0) is 0 Å². The number of nitrogens with zero attached hydrogens (tertiary/aromatic N) is 2. The van der Waals surface area contributed by atoms with Crippen LogP contribution in [0.15, 0.2) is 66.7 Å². The second-order valence-corrected chi connectivity index (χ2v) is 6.73. The molecule has 0 aliphatic rings. The fourth-order valence-corrected chi connectivity index (χ4v) is 4.07. The Kier molecular flexibility index (Phi) is 4.04. The van der Waals surface area contributed by atoms with Gasteiger partial charge in [-0.15, -0.1) is 4.40 Å². The number of pyridine rings is 1. The zero-order chi connectivity index (χ0) is 18.1. The first-order valence-electron chi connectivity index (χ1n) is 8.03. The minimum Gasteiger partial charge on any atom is -0.497 e. The second kappa shape index (κ2) is 6.51. The van der Waals surface area contributed by atoms with Crippen LogP contribution in [0.2, 0.25) is 0 Å². The Bertz CT molecular complexity index is 1130. The Morgan fingerprint density at radius 2 is 1.69 bits per heavy atom. The molecule has 0 unspecified atom stereocenters. The SMILES string of the molecule is COc1ccc(-c2ccc(C#N)c3sc(-c4ccccc4)c(O)[n+]23)cc1. The topological polar surface area (TPSA) is 57.4 Å². The molecular weight excluding hydrogens is 344 g/mol. The van der Waals surface area contributed by atoms with Gasteiger partial charge in [0.15, 0.2) is 4.88 Å². The van der Waals surface area contributed by atoms with Crippen LogP contribution in [0.1, 0.15) is 5.56 Å². The van der Waals surface area contributed by atoms with Crippen molar-refractivity contribution in [1.82, 2.24) is 0 Å². The predicted octanol–water partition coefficient (Wildman–Crippen LogP) is 4.41. The molecule has 4 aromatic rings. The summed E-state index contributed by atoms with van der Waals surface area (Å²) in [6, 6.07) is 23.2. The summed E-state index contributed by atoms with van der Waals surface area (Å²) in [5.74, 6) is 0.905. The fraction of sp³-hybridized carbons (Fsp3) is 0.0476. The molecule has 0 atom stereocenters. The lowest BCUT2D eigenvalue weighted by molar-refractivity contribution is -0.505. The van der Waals surface area contributed by atoms with Crippen molar-refractivity contribution in [2.45, 2.75) is 0 Å². The van der Waals surface area contributed by atoms with Gasteiger partial charge < -0.3 is 9.84 Å². The van der Waals surface area contributed by atoms with Crippen LogP contribution in [0.3, 0.4) is 0 Å². The normalized spacial score (nSPS) is 10.6. The molecule has 2 aromatic carbocycles. The highest BCUT2D eigenvalue weighted by atomic mass is 32.1. The molecule has 0 saturated heterocycles. The van der Waals surface area contributed by atoms with Crippen molar-refractivity contribution in [2.75, 3.05) is 7.11 Å². The molecule has 2 heterocycles. The van der Waals surface area contributed by atoms with Gasteiger partial charge in [0, 0.05) is 17.2 Å². The van der Waals surface area contributed by atoms with Crippen LogP contribution in [-0.4, -0.2) is 12.2 Å². The van der Waals surface area contributed by atoms with Gasteiger partial charge in [0.25, 0.3) is 4.83 Å². The number of nitriles is 1. The molecule has 0 spiro atoms. The van der Waals surface area contributed by atoms with E-state index in [1.807, 2.05) is 60.7 Å². The lowest BCUT2D eigenvalue weighted by Gasteiger charge is -2.01. The van der Waals surface area contributed by atoms with Crippen molar-refractivity contribution >= 4 is 16.2 Å². The van der Waals surface area contributed by atoms with Crippen LogP contribution in [0.25, 0.3) is 26.5 Å². The van der Waals surface area contributed by atoms with Gasteiger partial charge in [-0.3, -0.25) is 0 Å². The Hall–Kier alpha value is -3.36. The van der Waals surface area contributed by atoms with E-state index in [1.54, 1.807) is 17.6 Å². The summed E-state index contributed by atoms with van der Waals surface area (Å²) in [6.07, 6.45) is 0. The molecule has 5 heteroatoms. The van der Waals surface area contributed by atoms with Crippen LogP contribution in [0, 0.1) is 11.3 Å². The maximum Gasteiger partial charge on any atom is 0.391 e. The Balaban J connectivity index is 2.00. The van der Waals surface area contributed by atoms with Crippen LogP contribution in [0.5, 0.6) is 11.6 Å². The lowest BCUT2D eigenvalue weighted by atomic mass is 10.1. The molecular formula is C21H15N2O2S+. The molecule has 1 N–H and O–H groups in total. The number of thiazole rings is 1. The van der Waals surface area contributed by atoms with Gasteiger partial charge in [0.2, 0.25) is 5.69 Å². The van der Waals surface area contributed by atoms with E-state index in [0.29, 0.717) is 5.56 Å².